The van der Waals surface area contributed by atoms with Gasteiger partial charge in [0, 0.05) is 18.7 Å². The monoisotopic (exact) mass is 468 g/mol. The van der Waals surface area contributed by atoms with Crippen molar-refractivity contribution in [3.05, 3.63) is 93.5 Å². The lowest BCUT2D eigenvalue weighted by molar-refractivity contribution is -0.384. The average molecular weight is 468 g/mol. The third kappa shape index (κ3) is 4.37. The van der Waals surface area contributed by atoms with Crippen molar-refractivity contribution in [1.29, 1.82) is 0 Å². The van der Waals surface area contributed by atoms with Crippen LogP contribution in [-0.4, -0.2) is 33.0 Å². The van der Waals surface area contributed by atoms with Crippen molar-refractivity contribution in [2.45, 2.75) is 17.9 Å². The molecule has 0 N–H and O–H groups in total. The van der Waals surface area contributed by atoms with Crippen molar-refractivity contribution in [1.82, 2.24) is 0 Å². The smallest absolute Gasteiger partial charge is 0.342 e. The number of non-ortho nitro benzene ring substituents is 1. The van der Waals surface area contributed by atoms with Crippen molar-refractivity contribution in [2.75, 3.05) is 18.0 Å². The Morgan fingerprint density at radius 1 is 1.09 bits per heavy atom. The maximum Gasteiger partial charge on any atom is 0.342 e. The Kier molecular flexibility index (Phi) is 6.01. The van der Waals surface area contributed by atoms with Crippen LogP contribution in [0.15, 0.2) is 71.6 Å². The van der Waals surface area contributed by atoms with Gasteiger partial charge in [-0.2, -0.15) is 0 Å². The van der Waals surface area contributed by atoms with Gasteiger partial charge in [0.15, 0.2) is 0 Å². The Labute approximate surface area is 190 Å². The lowest BCUT2D eigenvalue weighted by atomic mass is 10.2. The summed E-state index contributed by atoms with van der Waals surface area (Å²) in [5.74, 6) is -0.603. The summed E-state index contributed by atoms with van der Waals surface area (Å²) in [7, 11) is -2.54. The number of sulfonamides is 1. The van der Waals surface area contributed by atoms with Gasteiger partial charge >= 0.3 is 5.97 Å². The van der Waals surface area contributed by atoms with Crippen LogP contribution in [0.25, 0.3) is 0 Å². The molecule has 1 aliphatic rings. The Hall–Kier alpha value is -3.92. The topological polar surface area (TPSA) is 116 Å². The van der Waals surface area contributed by atoms with Crippen LogP contribution >= 0.6 is 0 Å². The molecule has 170 valence electrons. The van der Waals surface area contributed by atoms with E-state index in [1.807, 2.05) is 12.1 Å². The van der Waals surface area contributed by atoms with Gasteiger partial charge in [-0.3, -0.25) is 14.4 Å². The molecule has 3 aromatic rings. The highest BCUT2D eigenvalue weighted by Crippen LogP contribution is 2.34. The van der Waals surface area contributed by atoms with E-state index in [9.17, 15) is 23.3 Å². The number of fused-ring (bicyclic) bond motifs is 1. The van der Waals surface area contributed by atoms with Gasteiger partial charge in [0.1, 0.15) is 17.9 Å². The summed E-state index contributed by atoms with van der Waals surface area (Å²) >= 11 is 0. The Balaban J connectivity index is 1.58. The number of nitro benzene ring substituents is 1. The highest BCUT2D eigenvalue weighted by Gasteiger charge is 2.31. The van der Waals surface area contributed by atoms with Gasteiger partial charge in [0.25, 0.3) is 15.7 Å². The van der Waals surface area contributed by atoms with Crippen LogP contribution in [0.4, 0.5) is 11.4 Å². The summed E-state index contributed by atoms with van der Waals surface area (Å²) in [5, 5.41) is 10.8. The van der Waals surface area contributed by atoms with E-state index in [-0.39, 0.29) is 28.5 Å². The zero-order valence-electron chi connectivity index (χ0n) is 17.6. The Morgan fingerprint density at radius 2 is 1.82 bits per heavy atom. The number of nitro groups is 1. The predicted molar refractivity (Wildman–Crippen MR) is 120 cm³/mol. The number of benzene rings is 3. The van der Waals surface area contributed by atoms with Crippen molar-refractivity contribution < 1.29 is 27.6 Å². The lowest BCUT2D eigenvalue weighted by Gasteiger charge is -2.20. The predicted octanol–water partition coefficient (Wildman–Crippen LogP) is 3.71. The van der Waals surface area contributed by atoms with Crippen LogP contribution in [0, 0.1) is 10.1 Å². The first-order valence-electron chi connectivity index (χ1n) is 10.0. The molecule has 0 amide bonds. The molecule has 33 heavy (non-hydrogen) atoms. The van der Waals surface area contributed by atoms with Crippen LogP contribution in [0.5, 0.6) is 5.75 Å². The molecule has 9 nitrogen and oxygen atoms in total. The van der Waals surface area contributed by atoms with Crippen LogP contribution in [0.2, 0.25) is 0 Å². The molecule has 0 saturated heterocycles. The Morgan fingerprint density at radius 3 is 2.52 bits per heavy atom. The highest BCUT2D eigenvalue weighted by atomic mass is 32.2. The number of hydrogen-bond acceptors (Lipinski definition) is 7. The van der Waals surface area contributed by atoms with E-state index in [0.29, 0.717) is 24.2 Å². The zero-order valence-corrected chi connectivity index (χ0v) is 18.4. The molecular weight excluding hydrogens is 448 g/mol. The largest absolute Gasteiger partial charge is 0.496 e. The van der Waals surface area contributed by atoms with Crippen LogP contribution < -0.4 is 9.04 Å². The number of para-hydroxylation sites is 1. The second kappa shape index (κ2) is 8.91. The Bertz CT molecular complexity index is 1320. The van der Waals surface area contributed by atoms with Crippen molar-refractivity contribution >= 4 is 27.4 Å². The zero-order chi connectivity index (χ0) is 23.6. The summed E-state index contributed by atoms with van der Waals surface area (Å²) in [4.78, 5) is 22.9. The molecule has 0 fully saturated rings. The van der Waals surface area contributed by atoms with E-state index in [4.69, 9.17) is 9.47 Å². The van der Waals surface area contributed by atoms with Gasteiger partial charge in [0.05, 0.1) is 22.6 Å². The number of esters is 1. The summed E-state index contributed by atoms with van der Waals surface area (Å²) in [6.07, 6.45) is 0.607. The fourth-order valence-corrected chi connectivity index (χ4v) is 5.16. The second-order valence-electron chi connectivity index (χ2n) is 7.32. The van der Waals surface area contributed by atoms with E-state index < -0.39 is 20.9 Å². The highest BCUT2D eigenvalue weighted by molar-refractivity contribution is 7.92. The van der Waals surface area contributed by atoms with Crippen LogP contribution in [-0.2, 0) is 27.8 Å². The molecule has 4 rings (SSSR count). The molecule has 0 spiro atoms. The summed E-state index contributed by atoms with van der Waals surface area (Å²) in [6.45, 7) is 0.171. The van der Waals surface area contributed by atoms with Crippen LogP contribution in [0.1, 0.15) is 21.5 Å². The van der Waals surface area contributed by atoms with Gasteiger partial charge in [0.2, 0.25) is 0 Å². The first-order chi connectivity index (χ1) is 15.8. The molecular formula is C23H20N2O7S. The third-order valence-corrected chi connectivity index (χ3v) is 7.15. The molecule has 0 bridgehead atoms. The lowest BCUT2D eigenvalue weighted by Crippen LogP contribution is -2.29. The first kappa shape index (κ1) is 22.3. The molecule has 0 aromatic heterocycles. The first-order valence-corrected chi connectivity index (χ1v) is 11.4. The number of hydrogen-bond donors (Lipinski definition) is 0. The van der Waals surface area contributed by atoms with Gasteiger partial charge in [-0.25, -0.2) is 13.2 Å². The SMILES string of the molecule is COc1ccc(S(=O)(=O)N2CCc3ccccc32)cc1C(=O)OCc1ccc([N+](=O)[O-])cc1. The third-order valence-electron chi connectivity index (χ3n) is 5.34. The van der Waals surface area contributed by atoms with E-state index in [2.05, 4.69) is 0 Å². The van der Waals surface area contributed by atoms with E-state index >= 15 is 0 Å². The van der Waals surface area contributed by atoms with Gasteiger partial charge < -0.3 is 9.47 Å². The molecule has 0 unspecified atom stereocenters. The number of anilines is 1. The molecule has 0 aliphatic carbocycles. The standard InChI is InChI=1S/C23H20N2O7S/c1-31-22-11-10-19(33(29,30)24-13-12-17-4-2-3-5-21(17)24)14-20(22)23(26)32-15-16-6-8-18(9-7-16)25(27)28/h2-11,14H,12-13,15H2,1H3. The molecule has 0 atom stereocenters. The molecule has 0 radical (unpaired) electrons. The van der Waals surface area contributed by atoms with Gasteiger partial charge in [-0.05, 0) is 53.9 Å². The normalized spacial score (nSPS) is 12.8. The van der Waals surface area contributed by atoms with E-state index in [1.165, 1.54) is 53.9 Å². The molecule has 1 heterocycles. The number of ether oxygens (including phenoxy) is 2. The number of methoxy groups -OCH3 is 1. The average Bonchev–Trinajstić information content (AvgIpc) is 3.27. The van der Waals surface area contributed by atoms with Crippen molar-refractivity contribution in [3.63, 3.8) is 0 Å². The number of carbonyl (C=O) groups excluding carboxylic acids is 1. The fourth-order valence-electron chi connectivity index (χ4n) is 3.63. The fraction of sp³-hybridized carbons (Fsp3) is 0.174. The molecule has 1 aliphatic heterocycles. The van der Waals surface area contributed by atoms with E-state index in [1.54, 1.807) is 12.1 Å². The summed E-state index contributed by atoms with van der Waals surface area (Å²) < 4.78 is 38.5. The number of carbonyl (C=O) groups is 1. The maximum absolute atomic E-state index is 13.3. The summed E-state index contributed by atoms with van der Waals surface area (Å²) in [6, 6.07) is 16.9. The van der Waals surface area contributed by atoms with Crippen molar-refractivity contribution in [3.8, 4) is 5.75 Å². The van der Waals surface area contributed by atoms with Crippen molar-refractivity contribution in [2.24, 2.45) is 0 Å². The molecule has 10 heteroatoms. The minimum absolute atomic E-state index is 0.0343. The number of rotatable bonds is 7. The maximum atomic E-state index is 13.3. The minimum Gasteiger partial charge on any atom is -0.496 e. The van der Waals surface area contributed by atoms with Crippen LogP contribution in [0.3, 0.4) is 0 Å². The van der Waals surface area contributed by atoms with Gasteiger partial charge in [-0.1, -0.05) is 18.2 Å². The second-order valence-corrected chi connectivity index (χ2v) is 9.18. The molecule has 3 aromatic carbocycles. The summed E-state index contributed by atoms with van der Waals surface area (Å²) in [5.41, 5.74) is 2.00. The minimum atomic E-state index is -3.91. The molecule has 0 saturated carbocycles. The quantitative estimate of drug-likeness (QED) is 0.295. The number of nitrogens with zero attached hydrogens (tertiary/aromatic N) is 2. The van der Waals surface area contributed by atoms with E-state index in [0.717, 1.165) is 5.56 Å². The van der Waals surface area contributed by atoms with Gasteiger partial charge in [-0.15, -0.1) is 0 Å².